The molecule has 0 aliphatic carbocycles. The number of carbonyl (C=O) groups excluding carboxylic acids is 1. The minimum Gasteiger partial charge on any atom is -0.497 e. The topological polar surface area (TPSA) is 88.1 Å². The molecule has 7 heteroatoms. The fourth-order valence-corrected chi connectivity index (χ4v) is 3.58. The molecule has 0 radical (unpaired) electrons. The van der Waals surface area contributed by atoms with Crippen LogP contribution >= 0.6 is 0 Å². The van der Waals surface area contributed by atoms with Crippen LogP contribution in [0.4, 0.5) is 0 Å². The maximum absolute atomic E-state index is 12.6. The molecule has 3 aromatic carbocycles. The first kappa shape index (κ1) is 20.4. The minimum absolute atomic E-state index is 0.0332. The van der Waals surface area contributed by atoms with Crippen LogP contribution in [0.25, 0.3) is 33.1 Å². The maximum Gasteiger partial charge on any atom is 0.379 e. The zero-order valence-electron chi connectivity index (χ0n) is 17.8. The Morgan fingerprint density at radius 1 is 0.788 bits per heavy atom. The second kappa shape index (κ2) is 8.20. The maximum atomic E-state index is 12.6. The lowest BCUT2D eigenvalue weighted by Gasteiger charge is -2.06. The fraction of sp³-hybridized carbons (Fsp3) is 0.0769. The first-order valence-corrected chi connectivity index (χ1v) is 10.1. The molecular weight excluding hydrogens is 424 g/mol. The van der Waals surface area contributed by atoms with Gasteiger partial charge in [0.25, 0.3) is 0 Å². The Bertz CT molecular complexity index is 1540. The van der Waals surface area contributed by atoms with Crippen LogP contribution in [0.3, 0.4) is 0 Å². The summed E-state index contributed by atoms with van der Waals surface area (Å²) in [6.07, 6.45) is 0. The Labute approximate surface area is 187 Å². The first-order valence-electron chi connectivity index (χ1n) is 10.1. The van der Waals surface area contributed by atoms with Gasteiger partial charge in [-0.05, 0) is 48.0 Å². The summed E-state index contributed by atoms with van der Waals surface area (Å²) in [5.41, 5.74) is 1.39. The molecule has 0 fully saturated rings. The smallest absolute Gasteiger partial charge is 0.379 e. The van der Waals surface area contributed by atoms with Crippen molar-refractivity contribution in [1.29, 1.82) is 0 Å². The van der Waals surface area contributed by atoms with E-state index in [0.717, 1.165) is 5.39 Å². The van der Waals surface area contributed by atoms with Crippen LogP contribution in [0.2, 0.25) is 0 Å². The molecular formula is C26H18O7. The Morgan fingerprint density at radius 3 is 2.33 bits per heavy atom. The third-order valence-electron chi connectivity index (χ3n) is 5.25. The summed E-state index contributed by atoms with van der Waals surface area (Å²) in [4.78, 5) is 25.2. The van der Waals surface area contributed by atoms with Crippen molar-refractivity contribution in [3.63, 3.8) is 0 Å². The molecule has 0 unspecified atom stereocenters. The van der Waals surface area contributed by atoms with E-state index >= 15 is 0 Å². The van der Waals surface area contributed by atoms with Crippen molar-refractivity contribution >= 4 is 27.9 Å². The molecule has 5 aromatic rings. The van der Waals surface area contributed by atoms with Crippen LogP contribution < -0.4 is 19.8 Å². The lowest BCUT2D eigenvalue weighted by Crippen LogP contribution is -2.07. The average molecular weight is 442 g/mol. The van der Waals surface area contributed by atoms with Gasteiger partial charge in [0.1, 0.15) is 17.1 Å². The van der Waals surface area contributed by atoms with Crippen LogP contribution in [0, 0.1) is 0 Å². The zero-order valence-corrected chi connectivity index (χ0v) is 17.8. The van der Waals surface area contributed by atoms with Crippen LogP contribution in [0.1, 0.15) is 10.6 Å². The number of esters is 1. The van der Waals surface area contributed by atoms with E-state index in [-0.39, 0.29) is 11.5 Å². The van der Waals surface area contributed by atoms with Gasteiger partial charge in [0.15, 0.2) is 11.3 Å². The summed E-state index contributed by atoms with van der Waals surface area (Å²) in [5.74, 6) is 0.793. The number of methoxy groups -OCH3 is 2. The normalized spacial score (nSPS) is 11.0. The van der Waals surface area contributed by atoms with E-state index in [0.29, 0.717) is 39.2 Å². The summed E-state index contributed by atoms with van der Waals surface area (Å²) in [7, 11) is 3.10. The summed E-state index contributed by atoms with van der Waals surface area (Å²) in [5, 5.41) is 1.41. The highest BCUT2D eigenvalue weighted by atomic mass is 16.5. The van der Waals surface area contributed by atoms with Gasteiger partial charge in [0, 0.05) is 16.8 Å². The quantitative estimate of drug-likeness (QED) is 0.203. The summed E-state index contributed by atoms with van der Waals surface area (Å²) >= 11 is 0. The van der Waals surface area contributed by atoms with Gasteiger partial charge >= 0.3 is 11.6 Å². The van der Waals surface area contributed by atoms with Crippen molar-refractivity contribution in [2.75, 3.05) is 14.2 Å². The lowest BCUT2D eigenvalue weighted by molar-refractivity contribution is 0.0704. The van der Waals surface area contributed by atoms with Crippen molar-refractivity contribution in [2.45, 2.75) is 0 Å². The highest BCUT2D eigenvalue weighted by Gasteiger charge is 2.17. The van der Waals surface area contributed by atoms with Gasteiger partial charge in [-0.2, -0.15) is 0 Å². The van der Waals surface area contributed by atoms with Crippen LogP contribution in [0.15, 0.2) is 86.4 Å². The van der Waals surface area contributed by atoms with E-state index in [9.17, 15) is 9.59 Å². The van der Waals surface area contributed by atoms with E-state index in [1.165, 1.54) is 13.2 Å². The molecule has 2 heterocycles. The molecule has 0 spiro atoms. The number of benzene rings is 3. The third-order valence-corrected chi connectivity index (χ3v) is 5.25. The van der Waals surface area contributed by atoms with Gasteiger partial charge in [-0.15, -0.1) is 0 Å². The molecule has 0 atom stereocenters. The average Bonchev–Trinajstić information content (AvgIpc) is 3.28. The molecule has 5 rings (SSSR count). The Hall–Kier alpha value is -4.52. The zero-order chi connectivity index (χ0) is 22.9. The standard InChI is InChI=1S/C26H18O7/c1-29-18-9-6-15(7-10-18)20-12-16-8-11-19(14-22(16)33-25(20)27)31-26(28)23-13-17-4-3-5-21(30-2)24(17)32-23/h3-14H,1-2H3. The molecule has 0 aliphatic rings. The molecule has 0 saturated heterocycles. The predicted octanol–water partition coefficient (Wildman–Crippen LogP) is 5.44. The second-order valence-electron chi connectivity index (χ2n) is 7.25. The number of furan rings is 1. The highest BCUT2D eigenvalue weighted by Crippen LogP contribution is 2.30. The van der Waals surface area contributed by atoms with Crippen LogP contribution in [0.5, 0.6) is 17.2 Å². The molecule has 0 amide bonds. The fourth-order valence-electron chi connectivity index (χ4n) is 3.58. The number of hydrogen-bond donors (Lipinski definition) is 0. The van der Waals surface area contributed by atoms with Crippen LogP contribution in [-0.2, 0) is 0 Å². The van der Waals surface area contributed by atoms with Gasteiger partial charge in [-0.1, -0.05) is 24.3 Å². The molecule has 0 N–H and O–H groups in total. The molecule has 33 heavy (non-hydrogen) atoms. The Morgan fingerprint density at radius 2 is 1.58 bits per heavy atom. The molecule has 164 valence electrons. The predicted molar refractivity (Wildman–Crippen MR) is 122 cm³/mol. The third kappa shape index (κ3) is 3.80. The van der Waals surface area contributed by atoms with Crippen LogP contribution in [-0.4, -0.2) is 20.2 Å². The van der Waals surface area contributed by atoms with E-state index < -0.39 is 11.6 Å². The molecule has 0 saturated carbocycles. The largest absolute Gasteiger partial charge is 0.497 e. The summed E-state index contributed by atoms with van der Waals surface area (Å²) in [6.45, 7) is 0. The molecule has 7 nitrogen and oxygen atoms in total. The minimum atomic E-state index is -0.676. The van der Waals surface area contributed by atoms with Crippen molar-refractivity contribution in [3.05, 3.63) is 89.0 Å². The van der Waals surface area contributed by atoms with E-state index in [1.807, 2.05) is 6.07 Å². The highest BCUT2D eigenvalue weighted by molar-refractivity contribution is 5.95. The van der Waals surface area contributed by atoms with Crippen molar-refractivity contribution in [1.82, 2.24) is 0 Å². The molecule has 0 bridgehead atoms. The SMILES string of the molecule is COc1ccc(-c2cc3ccc(OC(=O)c4cc5cccc(OC)c5o4)cc3oc2=O)cc1. The van der Waals surface area contributed by atoms with Crippen molar-refractivity contribution in [2.24, 2.45) is 0 Å². The monoisotopic (exact) mass is 442 g/mol. The van der Waals surface area contributed by atoms with Crippen molar-refractivity contribution in [3.8, 4) is 28.4 Å². The second-order valence-corrected chi connectivity index (χ2v) is 7.25. The van der Waals surface area contributed by atoms with Gasteiger partial charge < -0.3 is 23.0 Å². The number of carbonyl (C=O) groups is 1. The van der Waals surface area contributed by atoms with E-state index in [1.54, 1.807) is 67.8 Å². The molecule has 0 aliphatic heterocycles. The van der Waals surface area contributed by atoms with Gasteiger partial charge in [0.05, 0.1) is 19.8 Å². The summed E-state index contributed by atoms with van der Waals surface area (Å²) < 4.78 is 27.0. The van der Waals surface area contributed by atoms with Gasteiger partial charge in [0.2, 0.25) is 5.76 Å². The van der Waals surface area contributed by atoms with Gasteiger partial charge in [-0.25, -0.2) is 9.59 Å². The number of rotatable bonds is 5. The van der Waals surface area contributed by atoms with Crippen molar-refractivity contribution < 1.29 is 27.8 Å². The lowest BCUT2D eigenvalue weighted by atomic mass is 10.1. The Kier molecular flexibility index (Phi) is 5.06. The molecule has 2 aromatic heterocycles. The summed E-state index contributed by atoms with van der Waals surface area (Å²) in [6, 6.07) is 20.6. The number of ether oxygens (including phenoxy) is 3. The van der Waals surface area contributed by atoms with Gasteiger partial charge in [-0.3, -0.25) is 0 Å². The van der Waals surface area contributed by atoms with E-state index in [4.69, 9.17) is 23.0 Å². The number of fused-ring (bicyclic) bond motifs is 2. The number of hydrogen-bond acceptors (Lipinski definition) is 7. The van der Waals surface area contributed by atoms with E-state index in [2.05, 4.69) is 0 Å². The Balaban J connectivity index is 1.43. The number of para-hydroxylation sites is 1. The first-order chi connectivity index (χ1) is 16.1.